The molecule has 1 aliphatic rings. The highest BCUT2D eigenvalue weighted by Gasteiger charge is 2.41. The molecule has 0 saturated carbocycles. The molecular formula is C28H30N2O4S2. The van der Waals surface area contributed by atoms with Crippen LogP contribution < -0.4 is 0 Å². The van der Waals surface area contributed by atoms with E-state index < -0.39 is 21.7 Å². The van der Waals surface area contributed by atoms with Gasteiger partial charge in [0.25, 0.3) is 0 Å². The minimum atomic E-state index is -0.890. The standard InChI is InChI=1S/C28H30N2O4S2/c1-25(2)17-13-15(35-29-17)23(31)28(7,8)22-12-10-20(34-22)26(3,4)18-14-16(36-30-18)24(32)27(5,6)21-11-9-19(25)33-21/h9-14H,1-8H3. The molecule has 1 aliphatic heterocycles. The van der Waals surface area contributed by atoms with Gasteiger partial charge in [-0.1, -0.05) is 0 Å². The monoisotopic (exact) mass is 522 g/mol. The van der Waals surface area contributed by atoms with Crippen LogP contribution in [0, 0.1) is 0 Å². The first-order valence-electron chi connectivity index (χ1n) is 11.9. The zero-order valence-corrected chi connectivity index (χ0v) is 23.4. The molecule has 0 aliphatic carbocycles. The average Bonchev–Trinajstić information content (AvgIpc) is 3.63. The molecule has 0 amide bonds. The van der Waals surface area contributed by atoms with Crippen LogP contribution in [0.4, 0.5) is 0 Å². The van der Waals surface area contributed by atoms with E-state index in [2.05, 4.69) is 8.75 Å². The molecule has 8 heteroatoms. The molecule has 0 aromatic carbocycles. The van der Waals surface area contributed by atoms with Gasteiger partial charge in [-0.15, -0.1) is 0 Å². The van der Waals surface area contributed by atoms with E-state index in [4.69, 9.17) is 8.83 Å². The van der Waals surface area contributed by atoms with Crippen LogP contribution in [0.5, 0.6) is 0 Å². The van der Waals surface area contributed by atoms with Gasteiger partial charge >= 0.3 is 0 Å². The van der Waals surface area contributed by atoms with Crippen LogP contribution in [-0.4, -0.2) is 20.3 Å². The number of rotatable bonds is 0. The maximum atomic E-state index is 13.6. The molecule has 0 fully saturated rings. The molecule has 0 spiro atoms. The highest BCUT2D eigenvalue weighted by molar-refractivity contribution is 7.08. The normalized spacial score (nSPS) is 20.1. The second-order valence-corrected chi connectivity index (χ2v) is 13.2. The van der Waals surface area contributed by atoms with E-state index in [0.717, 1.165) is 11.4 Å². The lowest BCUT2D eigenvalue weighted by Gasteiger charge is -2.23. The summed E-state index contributed by atoms with van der Waals surface area (Å²) in [6.45, 7) is 15.5. The van der Waals surface area contributed by atoms with Crippen LogP contribution in [0.2, 0.25) is 0 Å². The summed E-state index contributed by atoms with van der Waals surface area (Å²) in [6.07, 6.45) is 0. The number of hydrogen-bond donors (Lipinski definition) is 0. The molecule has 8 bridgehead atoms. The second kappa shape index (κ2) is 7.83. The van der Waals surface area contributed by atoms with Crippen molar-refractivity contribution in [1.29, 1.82) is 0 Å². The summed E-state index contributed by atoms with van der Waals surface area (Å²) in [5.41, 5.74) is -1.49. The zero-order valence-electron chi connectivity index (χ0n) is 21.8. The van der Waals surface area contributed by atoms with Crippen molar-refractivity contribution in [2.75, 3.05) is 0 Å². The molecule has 0 saturated heterocycles. The lowest BCUT2D eigenvalue weighted by Crippen LogP contribution is -2.29. The van der Waals surface area contributed by atoms with E-state index in [1.807, 2.05) is 91.8 Å². The number of ketones is 2. The molecule has 5 rings (SSSR count). The predicted octanol–water partition coefficient (Wildman–Crippen LogP) is 7.07. The predicted molar refractivity (Wildman–Crippen MR) is 141 cm³/mol. The first kappa shape index (κ1) is 24.8. The third-order valence-electron chi connectivity index (χ3n) is 7.56. The Bertz CT molecular complexity index is 1380. The number of carbonyl (C=O) groups is 2. The molecule has 4 aromatic rings. The Hall–Kier alpha value is -2.84. The number of carbonyl (C=O) groups excluding carboxylic acids is 2. The largest absolute Gasteiger partial charge is 0.464 e. The van der Waals surface area contributed by atoms with Crippen molar-refractivity contribution < 1.29 is 18.4 Å². The quantitative estimate of drug-likeness (QED) is 0.245. The topological polar surface area (TPSA) is 86.2 Å². The van der Waals surface area contributed by atoms with Crippen LogP contribution in [0.25, 0.3) is 0 Å². The van der Waals surface area contributed by atoms with Crippen molar-refractivity contribution in [2.24, 2.45) is 0 Å². The summed E-state index contributed by atoms with van der Waals surface area (Å²) in [7, 11) is 0. The second-order valence-electron chi connectivity index (χ2n) is 11.6. The fourth-order valence-electron chi connectivity index (χ4n) is 4.47. The van der Waals surface area contributed by atoms with Crippen molar-refractivity contribution >= 4 is 34.6 Å². The SMILES string of the molecule is CC1(C)C(=O)c2cc(ns2)C(C)(C)c2ccc(o2)C(C)(C)C(=O)c2cc(ns2)C(C)(C)c2ccc1o2. The Morgan fingerprint density at radius 3 is 1.19 bits per heavy atom. The van der Waals surface area contributed by atoms with E-state index in [1.165, 1.54) is 23.1 Å². The highest BCUT2D eigenvalue weighted by Crippen LogP contribution is 2.41. The van der Waals surface area contributed by atoms with Gasteiger partial charge in [-0.3, -0.25) is 9.59 Å². The summed E-state index contributed by atoms with van der Waals surface area (Å²) in [5, 5.41) is 0. The maximum Gasteiger partial charge on any atom is 0.187 e. The van der Waals surface area contributed by atoms with Gasteiger partial charge < -0.3 is 8.83 Å². The van der Waals surface area contributed by atoms with Gasteiger partial charge in [-0.05, 0) is 115 Å². The Balaban J connectivity index is 1.72. The lowest BCUT2D eigenvalue weighted by atomic mass is 9.82. The summed E-state index contributed by atoms with van der Waals surface area (Å²) in [6, 6.07) is 11.2. The molecule has 0 atom stereocenters. The van der Waals surface area contributed by atoms with Crippen LogP contribution in [-0.2, 0) is 21.7 Å². The molecule has 188 valence electrons. The first-order valence-corrected chi connectivity index (χ1v) is 13.5. The van der Waals surface area contributed by atoms with Gasteiger partial charge in [0.2, 0.25) is 0 Å². The maximum absolute atomic E-state index is 13.6. The number of Topliss-reactive ketones (excluding diaryl/α,β-unsaturated/α-hetero) is 2. The van der Waals surface area contributed by atoms with Crippen LogP contribution in [0.15, 0.2) is 45.2 Å². The molecule has 0 radical (unpaired) electrons. The first-order chi connectivity index (χ1) is 16.7. The number of fused-ring (bicyclic) bond motifs is 8. The average molecular weight is 523 g/mol. The third-order valence-corrected chi connectivity index (χ3v) is 9.14. The van der Waals surface area contributed by atoms with E-state index in [9.17, 15) is 9.59 Å². The van der Waals surface area contributed by atoms with Crippen molar-refractivity contribution in [3.05, 3.63) is 80.6 Å². The Morgan fingerprint density at radius 1 is 0.556 bits per heavy atom. The summed E-state index contributed by atoms with van der Waals surface area (Å²) < 4.78 is 21.9. The van der Waals surface area contributed by atoms with Crippen molar-refractivity contribution in [2.45, 2.75) is 77.0 Å². The van der Waals surface area contributed by atoms with E-state index in [0.29, 0.717) is 32.8 Å². The minimum Gasteiger partial charge on any atom is -0.464 e. The van der Waals surface area contributed by atoms with E-state index in [-0.39, 0.29) is 11.6 Å². The van der Waals surface area contributed by atoms with Crippen LogP contribution in [0.3, 0.4) is 0 Å². The molecule has 36 heavy (non-hydrogen) atoms. The zero-order chi connectivity index (χ0) is 26.3. The van der Waals surface area contributed by atoms with E-state index >= 15 is 0 Å². The van der Waals surface area contributed by atoms with Crippen molar-refractivity contribution in [3.63, 3.8) is 0 Å². The summed E-state index contributed by atoms with van der Waals surface area (Å²) in [4.78, 5) is 28.4. The molecule has 0 N–H and O–H groups in total. The molecule has 4 aromatic heterocycles. The highest BCUT2D eigenvalue weighted by atomic mass is 32.1. The lowest BCUT2D eigenvalue weighted by molar-refractivity contribution is 0.0886. The molecule has 0 unspecified atom stereocenters. The van der Waals surface area contributed by atoms with Gasteiger partial charge in [-0.2, -0.15) is 8.75 Å². The molecule has 6 nitrogen and oxygen atoms in total. The summed E-state index contributed by atoms with van der Waals surface area (Å²) in [5.74, 6) is 2.42. The van der Waals surface area contributed by atoms with Gasteiger partial charge in [0, 0.05) is 0 Å². The molecular weight excluding hydrogens is 492 g/mol. The van der Waals surface area contributed by atoms with Crippen molar-refractivity contribution in [1.82, 2.24) is 8.75 Å². The van der Waals surface area contributed by atoms with Crippen LogP contribution >= 0.6 is 23.1 Å². The Labute approximate surface area is 219 Å². The molecule has 5 heterocycles. The van der Waals surface area contributed by atoms with E-state index in [1.54, 1.807) is 0 Å². The fourth-order valence-corrected chi connectivity index (χ4v) is 6.43. The van der Waals surface area contributed by atoms with Gasteiger partial charge in [0.05, 0.1) is 42.8 Å². The minimum absolute atomic E-state index is 0.0512. The number of furan rings is 2. The Kier molecular flexibility index (Phi) is 5.40. The number of aromatic nitrogens is 2. The number of nitrogens with zero attached hydrogens (tertiary/aromatic N) is 2. The van der Waals surface area contributed by atoms with Gasteiger partial charge in [0.1, 0.15) is 23.0 Å². The van der Waals surface area contributed by atoms with Gasteiger partial charge in [-0.25, -0.2) is 0 Å². The number of hydrogen-bond acceptors (Lipinski definition) is 8. The smallest absolute Gasteiger partial charge is 0.187 e. The van der Waals surface area contributed by atoms with Crippen molar-refractivity contribution in [3.8, 4) is 0 Å². The van der Waals surface area contributed by atoms with Crippen LogP contribution in [0.1, 0.15) is 109 Å². The Morgan fingerprint density at radius 2 is 0.861 bits per heavy atom. The van der Waals surface area contributed by atoms with Gasteiger partial charge in [0.15, 0.2) is 11.6 Å². The third kappa shape index (κ3) is 3.57. The summed E-state index contributed by atoms with van der Waals surface area (Å²) >= 11 is 2.37. The fraction of sp³-hybridized carbons (Fsp3) is 0.429.